The minimum absolute atomic E-state index is 0.346. The van der Waals surface area contributed by atoms with Gasteiger partial charge in [0, 0.05) is 12.1 Å². The van der Waals surface area contributed by atoms with Crippen molar-refractivity contribution in [2.45, 2.75) is 6.54 Å². The molecule has 2 rings (SSSR count). The van der Waals surface area contributed by atoms with Crippen LogP contribution in [0.1, 0.15) is 11.3 Å². The number of hydrogen-bond acceptors (Lipinski definition) is 3. The van der Waals surface area contributed by atoms with E-state index in [-0.39, 0.29) is 0 Å². The summed E-state index contributed by atoms with van der Waals surface area (Å²) >= 11 is 0. The molecule has 0 aliphatic carbocycles. The van der Waals surface area contributed by atoms with Crippen LogP contribution in [0, 0.1) is 11.8 Å². The lowest BCUT2D eigenvalue weighted by Crippen LogP contribution is -2.00. The second-order valence-corrected chi connectivity index (χ2v) is 3.65. The summed E-state index contributed by atoms with van der Waals surface area (Å²) < 4.78 is 5.45. The van der Waals surface area contributed by atoms with Gasteiger partial charge in [0.15, 0.2) is 0 Å². The monoisotopic (exact) mass is 238 g/mol. The molecule has 1 heterocycles. The number of aromatic nitrogens is 1. The van der Waals surface area contributed by atoms with Gasteiger partial charge in [-0.2, -0.15) is 0 Å². The second-order valence-electron chi connectivity index (χ2n) is 3.65. The van der Waals surface area contributed by atoms with E-state index in [1.54, 1.807) is 6.20 Å². The third-order valence-electron chi connectivity index (χ3n) is 2.32. The molecule has 0 aliphatic rings. The quantitative estimate of drug-likeness (QED) is 0.832. The minimum Gasteiger partial charge on any atom is -0.479 e. The summed E-state index contributed by atoms with van der Waals surface area (Å²) in [6.07, 6.45) is 1.66. The van der Waals surface area contributed by atoms with Crippen molar-refractivity contribution in [3.63, 3.8) is 0 Å². The Labute approximate surface area is 107 Å². The average molecular weight is 238 g/mol. The highest BCUT2D eigenvalue weighted by Crippen LogP contribution is 2.08. The summed E-state index contributed by atoms with van der Waals surface area (Å²) in [6, 6.07) is 13.5. The van der Waals surface area contributed by atoms with Gasteiger partial charge < -0.3 is 10.5 Å². The van der Waals surface area contributed by atoms with Gasteiger partial charge in [0.05, 0.1) is 11.9 Å². The number of rotatable bonds is 3. The van der Waals surface area contributed by atoms with Crippen LogP contribution in [-0.2, 0) is 6.54 Å². The molecule has 2 N–H and O–H groups in total. The normalized spacial score (nSPS) is 9.39. The minimum atomic E-state index is 0.346. The van der Waals surface area contributed by atoms with Crippen LogP contribution in [0.25, 0.3) is 0 Å². The van der Waals surface area contributed by atoms with Gasteiger partial charge in [-0.05, 0) is 24.3 Å². The average Bonchev–Trinajstić information content (AvgIpc) is 2.45. The highest BCUT2D eigenvalue weighted by Gasteiger charge is 1.93. The number of benzene rings is 1. The molecule has 0 aliphatic heterocycles. The molecule has 0 saturated carbocycles. The number of ether oxygens (including phenoxy) is 1. The van der Waals surface area contributed by atoms with E-state index in [0.717, 1.165) is 11.3 Å². The fourth-order valence-corrected chi connectivity index (χ4v) is 1.40. The molecule has 0 unspecified atom stereocenters. The Kier molecular flexibility index (Phi) is 4.34. The van der Waals surface area contributed by atoms with Crippen molar-refractivity contribution < 1.29 is 4.74 Å². The van der Waals surface area contributed by atoms with Crippen molar-refractivity contribution in [3.05, 3.63) is 59.9 Å². The summed E-state index contributed by atoms with van der Waals surface area (Å²) in [5, 5.41) is 0. The first-order chi connectivity index (χ1) is 8.88. The molecule has 0 saturated heterocycles. The molecule has 18 heavy (non-hydrogen) atoms. The number of pyridine rings is 1. The van der Waals surface area contributed by atoms with Crippen LogP contribution in [0.4, 0.5) is 0 Å². The Morgan fingerprint density at radius 3 is 2.61 bits per heavy atom. The Morgan fingerprint density at radius 1 is 1.11 bits per heavy atom. The van der Waals surface area contributed by atoms with Gasteiger partial charge in [-0.15, -0.1) is 0 Å². The van der Waals surface area contributed by atoms with E-state index in [9.17, 15) is 0 Å². The van der Waals surface area contributed by atoms with Crippen LogP contribution in [-0.4, -0.2) is 11.6 Å². The van der Waals surface area contributed by atoms with Crippen LogP contribution in [0.15, 0.2) is 48.7 Å². The van der Waals surface area contributed by atoms with Crippen LogP contribution in [0.2, 0.25) is 0 Å². The number of hydrogen-bond donors (Lipinski definition) is 1. The molecule has 1 aromatic carbocycles. The predicted molar refractivity (Wildman–Crippen MR) is 70.9 cm³/mol. The lowest BCUT2D eigenvalue weighted by molar-refractivity contribution is 0.368. The standard InChI is InChI=1S/C15H14N2O/c16-11-14-8-9-15(12-17-14)18-10-4-7-13-5-2-1-3-6-13/h1-3,5-6,8-9,12H,10-11,16H2. The molecule has 3 heteroatoms. The van der Waals surface area contributed by atoms with Gasteiger partial charge in [-0.25, -0.2) is 0 Å². The maximum Gasteiger partial charge on any atom is 0.149 e. The van der Waals surface area contributed by atoms with Gasteiger partial charge in [0.2, 0.25) is 0 Å². The van der Waals surface area contributed by atoms with Crippen molar-refractivity contribution in [2.75, 3.05) is 6.61 Å². The van der Waals surface area contributed by atoms with Crippen LogP contribution in [0.5, 0.6) is 5.75 Å². The number of nitrogens with zero attached hydrogens (tertiary/aromatic N) is 1. The molecule has 0 spiro atoms. The summed E-state index contributed by atoms with van der Waals surface area (Å²) in [4.78, 5) is 4.14. The zero-order valence-corrected chi connectivity index (χ0v) is 9.97. The summed E-state index contributed by atoms with van der Waals surface area (Å²) in [6.45, 7) is 0.784. The van der Waals surface area contributed by atoms with E-state index in [2.05, 4.69) is 16.8 Å². The smallest absolute Gasteiger partial charge is 0.149 e. The third-order valence-corrected chi connectivity index (χ3v) is 2.32. The third kappa shape index (κ3) is 3.62. The molecule has 3 nitrogen and oxygen atoms in total. The Bertz CT molecular complexity index is 538. The molecule has 0 bridgehead atoms. The first kappa shape index (κ1) is 12.2. The predicted octanol–water partition coefficient (Wildman–Crippen LogP) is 1.97. The van der Waals surface area contributed by atoms with Crippen LogP contribution < -0.4 is 10.5 Å². The maximum absolute atomic E-state index is 5.46. The summed E-state index contributed by atoms with van der Waals surface area (Å²) in [7, 11) is 0. The Hall–Kier alpha value is -2.31. The Balaban J connectivity index is 1.87. The molecule has 90 valence electrons. The molecule has 0 fully saturated rings. The second kappa shape index (κ2) is 6.43. The maximum atomic E-state index is 5.46. The van der Waals surface area contributed by atoms with E-state index in [4.69, 9.17) is 10.5 Å². The molecule has 1 aromatic heterocycles. The van der Waals surface area contributed by atoms with Crippen molar-refractivity contribution >= 4 is 0 Å². The lowest BCUT2D eigenvalue weighted by atomic mass is 10.2. The topological polar surface area (TPSA) is 48.1 Å². The first-order valence-corrected chi connectivity index (χ1v) is 5.70. The molecular formula is C15H14N2O. The van der Waals surface area contributed by atoms with Gasteiger partial charge in [-0.1, -0.05) is 30.0 Å². The fraction of sp³-hybridized carbons (Fsp3) is 0.133. The summed E-state index contributed by atoms with van der Waals surface area (Å²) in [5.41, 5.74) is 7.29. The number of nitrogens with two attached hydrogens (primary N) is 1. The largest absolute Gasteiger partial charge is 0.479 e. The van der Waals surface area contributed by atoms with E-state index < -0.39 is 0 Å². The van der Waals surface area contributed by atoms with Crippen LogP contribution in [0.3, 0.4) is 0 Å². The molecule has 0 radical (unpaired) electrons. The van der Waals surface area contributed by atoms with Crippen molar-refractivity contribution in [1.82, 2.24) is 4.98 Å². The molecular weight excluding hydrogens is 224 g/mol. The van der Waals surface area contributed by atoms with E-state index >= 15 is 0 Å². The highest BCUT2D eigenvalue weighted by atomic mass is 16.5. The van der Waals surface area contributed by atoms with Crippen molar-refractivity contribution in [2.24, 2.45) is 5.73 Å². The molecule has 0 atom stereocenters. The zero-order chi connectivity index (χ0) is 12.6. The van der Waals surface area contributed by atoms with Gasteiger partial charge >= 0.3 is 0 Å². The van der Waals surface area contributed by atoms with Crippen molar-refractivity contribution in [1.29, 1.82) is 0 Å². The highest BCUT2D eigenvalue weighted by molar-refractivity contribution is 5.33. The van der Waals surface area contributed by atoms with Crippen LogP contribution >= 0.6 is 0 Å². The van der Waals surface area contributed by atoms with E-state index in [1.165, 1.54) is 0 Å². The van der Waals surface area contributed by atoms with E-state index in [1.807, 2.05) is 42.5 Å². The molecule has 0 amide bonds. The van der Waals surface area contributed by atoms with Crippen molar-refractivity contribution in [3.8, 4) is 17.6 Å². The summed E-state index contributed by atoms with van der Waals surface area (Å²) in [5.74, 6) is 6.68. The van der Waals surface area contributed by atoms with Gasteiger partial charge in [0.25, 0.3) is 0 Å². The first-order valence-electron chi connectivity index (χ1n) is 5.70. The molecule has 2 aromatic rings. The fourth-order valence-electron chi connectivity index (χ4n) is 1.40. The van der Waals surface area contributed by atoms with E-state index in [0.29, 0.717) is 18.9 Å². The van der Waals surface area contributed by atoms with Gasteiger partial charge in [-0.3, -0.25) is 4.98 Å². The zero-order valence-electron chi connectivity index (χ0n) is 9.97. The SMILES string of the molecule is NCc1ccc(OCC#Cc2ccccc2)cn1. The Morgan fingerprint density at radius 2 is 1.94 bits per heavy atom. The van der Waals surface area contributed by atoms with Gasteiger partial charge in [0.1, 0.15) is 12.4 Å². The lowest BCUT2D eigenvalue weighted by Gasteiger charge is -2.01.